The summed E-state index contributed by atoms with van der Waals surface area (Å²) < 4.78 is 0. The van der Waals surface area contributed by atoms with E-state index in [9.17, 15) is 4.79 Å². The van der Waals surface area contributed by atoms with Gasteiger partial charge in [0.1, 0.15) is 5.82 Å². The molecule has 0 saturated carbocycles. The molecule has 1 heterocycles. The van der Waals surface area contributed by atoms with Gasteiger partial charge >= 0.3 is 5.97 Å². The number of aromatic nitrogens is 1. The minimum atomic E-state index is -0.951. The molecule has 4 nitrogen and oxygen atoms in total. The summed E-state index contributed by atoms with van der Waals surface area (Å²) in [5, 5.41) is 12.1. The van der Waals surface area contributed by atoms with Gasteiger partial charge in [-0.15, -0.1) is 0 Å². The summed E-state index contributed by atoms with van der Waals surface area (Å²) in [6.45, 7) is 3.76. The predicted molar refractivity (Wildman–Crippen MR) is 70.4 cm³/mol. The Bertz CT molecular complexity index is 594. The van der Waals surface area contributed by atoms with Crippen LogP contribution in [0.3, 0.4) is 0 Å². The Kier molecular flexibility index (Phi) is 3.28. The van der Waals surface area contributed by atoms with Crippen molar-refractivity contribution >= 4 is 17.5 Å². The number of hydrogen-bond acceptors (Lipinski definition) is 3. The maximum atomic E-state index is 11.0. The first-order chi connectivity index (χ1) is 8.56. The Labute approximate surface area is 105 Å². The van der Waals surface area contributed by atoms with Crippen molar-refractivity contribution in [2.24, 2.45) is 0 Å². The number of aryl methyl sites for hydroxylation is 2. The van der Waals surface area contributed by atoms with Crippen LogP contribution in [0.1, 0.15) is 21.6 Å². The van der Waals surface area contributed by atoms with Gasteiger partial charge in [0.05, 0.1) is 5.56 Å². The summed E-state index contributed by atoms with van der Waals surface area (Å²) in [6, 6.07) is 10.9. The van der Waals surface area contributed by atoms with Crippen LogP contribution < -0.4 is 5.32 Å². The number of para-hydroxylation sites is 1. The molecule has 0 fully saturated rings. The highest BCUT2D eigenvalue weighted by atomic mass is 16.4. The van der Waals surface area contributed by atoms with Gasteiger partial charge in [-0.05, 0) is 37.6 Å². The van der Waals surface area contributed by atoms with Crippen LogP contribution in [0.5, 0.6) is 0 Å². The number of benzene rings is 1. The van der Waals surface area contributed by atoms with Gasteiger partial charge in [0.2, 0.25) is 0 Å². The van der Waals surface area contributed by atoms with Crippen molar-refractivity contribution in [2.45, 2.75) is 13.8 Å². The van der Waals surface area contributed by atoms with Crippen molar-refractivity contribution in [3.05, 3.63) is 53.2 Å². The number of aromatic carboxylic acids is 1. The molecule has 0 radical (unpaired) electrons. The van der Waals surface area contributed by atoms with Gasteiger partial charge in [-0.3, -0.25) is 0 Å². The van der Waals surface area contributed by atoms with Gasteiger partial charge in [0.15, 0.2) is 0 Å². The lowest BCUT2D eigenvalue weighted by Gasteiger charge is -2.09. The zero-order valence-corrected chi connectivity index (χ0v) is 10.3. The third-order valence-electron chi connectivity index (χ3n) is 2.61. The van der Waals surface area contributed by atoms with Crippen molar-refractivity contribution in [1.29, 1.82) is 0 Å². The summed E-state index contributed by atoms with van der Waals surface area (Å²) in [5.41, 5.74) is 2.91. The monoisotopic (exact) mass is 242 g/mol. The average Bonchev–Trinajstić information content (AvgIpc) is 2.31. The lowest BCUT2D eigenvalue weighted by Crippen LogP contribution is -2.02. The van der Waals surface area contributed by atoms with Gasteiger partial charge in [-0.1, -0.05) is 18.2 Å². The van der Waals surface area contributed by atoms with Crippen LogP contribution in [0.25, 0.3) is 0 Å². The second-order valence-electron chi connectivity index (χ2n) is 4.13. The zero-order chi connectivity index (χ0) is 13.1. The van der Waals surface area contributed by atoms with E-state index in [4.69, 9.17) is 5.11 Å². The first kappa shape index (κ1) is 12.1. The fourth-order valence-corrected chi connectivity index (χ4v) is 1.71. The lowest BCUT2D eigenvalue weighted by molar-refractivity contribution is 0.0696. The summed E-state index contributed by atoms with van der Waals surface area (Å²) in [5.74, 6) is -0.407. The fourth-order valence-electron chi connectivity index (χ4n) is 1.71. The molecule has 0 aliphatic heterocycles. The van der Waals surface area contributed by atoms with E-state index in [-0.39, 0.29) is 5.56 Å². The Morgan fingerprint density at radius 2 is 1.94 bits per heavy atom. The predicted octanol–water partition coefficient (Wildman–Crippen LogP) is 3.14. The Hall–Kier alpha value is -2.36. The van der Waals surface area contributed by atoms with E-state index in [1.165, 1.54) is 6.07 Å². The number of hydrogen-bond donors (Lipinski definition) is 2. The number of carboxylic acid groups (broad SMARTS) is 1. The van der Waals surface area contributed by atoms with Crippen LogP contribution in [-0.2, 0) is 0 Å². The maximum absolute atomic E-state index is 11.0. The maximum Gasteiger partial charge on any atom is 0.335 e. The second kappa shape index (κ2) is 4.87. The molecule has 1 aromatic heterocycles. The van der Waals surface area contributed by atoms with E-state index in [1.807, 2.05) is 31.2 Å². The van der Waals surface area contributed by atoms with Gasteiger partial charge < -0.3 is 10.4 Å². The minimum absolute atomic E-state index is 0.235. The number of rotatable bonds is 3. The van der Waals surface area contributed by atoms with E-state index < -0.39 is 5.97 Å². The molecule has 2 rings (SSSR count). The highest BCUT2D eigenvalue weighted by molar-refractivity contribution is 5.88. The van der Waals surface area contributed by atoms with Crippen LogP contribution in [-0.4, -0.2) is 16.1 Å². The summed E-state index contributed by atoms with van der Waals surface area (Å²) >= 11 is 0. The highest BCUT2D eigenvalue weighted by Gasteiger charge is 2.07. The van der Waals surface area contributed by atoms with Crippen molar-refractivity contribution < 1.29 is 9.90 Å². The first-order valence-corrected chi connectivity index (χ1v) is 5.61. The summed E-state index contributed by atoms with van der Waals surface area (Å²) in [6.07, 6.45) is 0. The van der Waals surface area contributed by atoms with Crippen molar-refractivity contribution in [3.63, 3.8) is 0 Å². The molecular formula is C14H14N2O2. The standard InChI is InChI=1S/C14H14N2O2/c1-9-5-3-4-6-12(9)16-13-8-11(14(17)18)7-10(2)15-13/h3-8H,1-2H3,(H,15,16)(H,17,18). The number of nitrogens with zero attached hydrogens (tertiary/aromatic N) is 1. The van der Waals surface area contributed by atoms with Crippen molar-refractivity contribution in [2.75, 3.05) is 5.32 Å². The second-order valence-corrected chi connectivity index (χ2v) is 4.13. The average molecular weight is 242 g/mol. The molecule has 0 unspecified atom stereocenters. The summed E-state index contributed by atoms with van der Waals surface area (Å²) in [4.78, 5) is 15.2. The van der Waals surface area contributed by atoms with Gasteiger partial charge in [0.25, 0.3) is 0 Å². The molecule has 18 heavy (non-hydrogen) atoms. The molecule has 1 aromatic carbocycles. The van der Waals surface area contributed by atoms with Crippen LogP contribution >= 0.6 is 0 Å². The molecule has 0 bridgehead atoms. The lowest BCUT2D eigenvalue weighted by atomic mass is 10.2. The molecule has 2 aromatic rings. The number of anilines is 2. The van der Waals surface area contributed by atoms with Crippen LogP contribution in [0.15, 0.2) is 36.4 Å². The van der Waals surface area contributed by atoms with Crippen molar-refractivity contribution in [1.82, 2.24) is 4.98 Å². The number of carbonyl (C=O) groups is 1. The molecule has 0 saturated heterocycles. The van der Waals surface area contributed by atoms with E-state index in [2.05, 4.69) is 10.3 Å². The Balaban J connectivity index is 2.35. The molecule has 0 amide bonds. The smallest absolute Gasteiger partial charge is 0.335 e. The summed E-state index contributed by atoms with van der Waals surface area (Å²) in [7, 11) is 0. The molecule has 4 heteroatoms. The largest absolute Gasteiger partial charge is 0.478 e. The van der Waals surface area contributed by atoms with E-state index in [0.29, 0.717) is 11.5 Å². The van der Waals surface area contributed by atoms with Crippen LogP contribution in [0, 0.1) is 13.8 Å². The highest BCUT2D eigenvalue weighted by Crippen LogP contribution is 2.19. The number of pyridine rings is 1. The van der Waals surface area contributed by atoms with E-state index >= 15 is 0 Å². The van der Waals surface area contributed by atoms with Gasteiger partial charge in [-0.25, -0.2) is 9.78 Å². The van der Waals surface area contributed by atoms with E-state index in [1.54, 1.807) is 13.0 Å². The third kappa shape index (κ3) is 2.66. The normalized spacial score (nSPS) is 10.1. The van der Waals surface area contributed by atoms with E-state index in [0.717, 1.165) is 11.3 Å². The molecule has 0 aliphatic rings. The molecule has 0 atom stereocenters. The number of nitrogens with one attached hydrogen (secondary N) is 1. The zero-order valence-electron chi connectivity index (χ0n) is 10.3. The van der Waals surface area contributed by atoms with Gasteiger partial charge in [0, 0.05) is 11.4 Å². The van der Waals surface area contributed by atoms with Gasteiger partial charge in [-0.2, -0.15) is 0 Å². The minimum Gasteiger partial charge on any atom is -0.478 e. The first-order valence-electron chi connectivity index (χ1n) is 5.61. The fraction of sp³-hybridized carbons (Fsp3) is 0.143. The molecular weight excluding hydrogens is 228 g/mol. The molecule has 92 valence electrons. The van der Waals surface area contributed by atoms with Crippen LogP contribution in [0.4, 0.5) is 11.5 Å². The topological polar surface area (TPSA) is 62.2 Å². The molecule has 0 spiro atoms. The number of carboxylic acids is 1. The molecule has 0 aliphatic carbocycles. The third-order valence-corrected chi connectivity index (χ3v) is 2.61. The Morgan fingerprint density at radius 3 is 2.61 bits per heavy atom. The Morgan fingerprint density at radius 1 is 1.22 bits per heavy atom. The molecule has 2 N–H and O–H groups in total. The van der Waals surface area contributed by atoms with Crippen molar-refractivity contribution in [3.8, 4) is 0 Å². The SMILES string of the molecule is Cc1cc(C(=O)O)cc(Nc2ccccc2C)n1. The quantitative estimate of drug-likeness (QED) is 0.868. The van der Waals surface area contributed by atoms with Crippen LogP contribution in [0.2, 0.25) is 0 Å².